The molecule has 1 N–H and O–H groups in total. The molecule has 1 atom stereocenters. The van der Waals surface area contributed by atoms with Crippen molar-refractivity contribution in [2.45, 2.75) is 58.2 Å². The Bertz CT molecular complexity index is 1200. The number of carbonyl (C=O) groups is 2. The Balaban J connectivity index is 1.44. The monoisotopic (exact) mass is 465 g/mol. The van der Waals surface area contributed by atoms with Crippen LogP contribution < -0.4 is 15.0 Å². The van der Waals surface area contributed by atoms with Crippen molar-refractivity contribution in [3.05, 3.63) is 36.5 Å². The minimum absolute atomic E-state index is 0.0111. The molecule has 8 heteroatoms. The molecule has 0 spiro atoms. The Kier molecular flexibility index (Phi) is 5.93. The lowest BCUT2D eigenvalue weighted by atomic mass is 9.98. The lowest BCUT2D eigenvalue weighted by Crippen LogP contribution is -2.44. The molecule has 2 aromatic heterocycles. The smallest absolute Gasteiger partial charge is 0.414 e. The third-order valence-electron chi connectivity index (χ3n) is 6.07. The van der Waals surface area contributed by atoms with Gasteiger partial charge in [0, 0.05) is 23.4 Å². The number of thiophene rings is 1. The topological polar surface area (TPSA) is 80.8 Å². The second-order valence-electron chi connectivity index (χ2n) is 8.78. The minimum Gasteiger partial charge on any atom is -0.471 e. The number of hydrogen-bond acceptors (Lipinski definition) is 6. The van der Waals surface area contributed by atoms with Gasteiger partial charge in [-0.15, -0.1) is 11.3 Å². The van der Waals surface area contributed by atoms with E-state index in [4.69, 9.17) is 9.47 Å². The second kappa shape index (κ2) is 9.02. The quantitative estimate of drug-likeness (QED) is 0.515. The highest BCUT2D eigenvalue weighted by molar-refractivity contribution is 7.23. The van der Waals surface area contributed by atoms with Crippen molar-refractivity contribution in [3.63, 3.8) is 0 Å². The number of anilines is 2. The van der Waals surface area contributed by atoms with Crippen molar-refractivity contribution >= 4 is 44.1 Å². The van der Waals surface area contributed by atoms with E-state index in [1.54, 1.807) is 11.1 Å². The summed E-state index contributed by atoms with van der Waals surface area (Å²) in [5.74, 6) is 0.360. The molecule has 3 aromatic rings. The standard InChI is InChI=1S/C25H27N3O4S/c1-15-14-28(25(30)32-20-6-4-3-5-7-20)21-10-19(13-26-24(21)31-15)17-8-9-18-12-23(27-16(2)29)33-22(18)11-17/h8-13,15,20H,3-7,14H2,1-2H3,(H,27,29). The average Bonchev–Trinajstić information content (AvgIpc) is 3.19. The fraction of sp³-hybridized carbons (Fsp3) is 0.400. The molecule has 0 saturated heterocycles. The van der Waals surface area contributed by atoms with Crippen LogP contribution in [0, 0.1) is 0 Å². The zero-order chi connectivity index (χ0) is 22.9. The molecule has 1 fully saturated rings. The van der Waals surface area contributed by atoms with Gasteiger partial charge >= 0.3 is 6.09 Å². The number of hydrogen-bond donors (Lipinski definition) is 1. The number of benzene rings is 1. The van der Waals surface area contributed by atoms with E-state index in [2.05, 4.69) is 16.4 Å². The van der Waals surface area contributed by atoms with Gasteiger partial charge in [0.1, 0.15) is 17.9 Å². The Morgan fingerprint density at radius 1 is 1.15 bits per heavy atom. The summed E-state index contributed by atoms with van der Waals surface area (Å²) in [7, 11) is 0. The number of ether oxygens (including phenoxy) is 2. The number of nitrogens with one attached hydrogen (secondary N) is 1. The van der Waals surface area contributed by atoms with Crippen LogP contribution in [0.15, 0.2) is 36.5 Å². The van der Waals surface area contributed by atoms with Gasteiger partial charge < -0.3 is 14.8 Å². The number of nitrogens with zero attached hydrogens (tertiary/aromatic N) is 2. The molecule has 3 heterocycles. The lowest BCUT2D eigenvalue weighted by Gasteiger charge is -2.33. The third kappa shape index (κ3) is 4.66. The number of fused-ring (bicyclic) bond motifs is 2. The molecule has 1 unspecified atom stereocenters. The summed E-state index contributed by atoms with van der Waals surface area (Å²) in [4.78, 5) is 30.6. The summed E-state index contributed by atoms with van der Waals surface area (Å²) in [6.45, 7) is 3.85. The Morgan fingerprint density at radius 2 is 1.97 bits per heavy atom. The van der Waals surface area contributed by atoms with Gasteiger partial charge in [0.15, 0.2) is 0 Å². The van der Waals surface area contributed by atoms with Crippen LogP contribution in [0.4, 0.5) is 15.5 Å². The Hall–Kier alpha value is -3.13. The predicted octanol–water partition coefficient (Wildman–Crippen LogP) is 5.98. The van der Waals surface area contributed by atoms with Crippen molar-refractivity contribution in [2.24, 2.45) is 0 Å². The Morgan fingerprint density at radius 3 is 2.76 bits per heavy atom. The maximum atomic E-state index is 13.1. The van der Waals surface area contributed by atoms with Crippen molar-refractivity contribution in [1.82, 2.24) is 4.98 Å². The lowest BCUT2D eigenvalue weighted by molar-refractivity contribution is -0.114. The molecule has 2 aliphatic rings. The van der Waals surface area contributed by atoms with Crippen molar-refractivity contribution in [3.8, 4) is 17.0 Å². The number of rotatable bonds is 3. The zero-order valence-electron chi connectivity index (χ0n) is 18.8. The van der Waals surface area contributed by atoms with Crippen LogP contribution in [0.25, 0.3) is 21.2 Å². The zero-order valence-corrected chi connectivity index (χ0v) is 19.6. The van der Waals surface area contributed by atoms with Crippen molar-refractivity contribution in [1.29, 1.82) is 0 Å². The van der Waals surface area contributed by atoms with Crippen molar-refractivity contribution in [2.75, 3.05) is 16.8 Å². The van der Waals surface area contributed by atoms with Gasteiger partial charge in [-0.3, -0.25) is 9.69 Å². The molecule has 1 aliphatic heterocycles. The first-order valence-corrected chi connectivity index (χ1v) is 12.2. The minimum atomic E-state index is -0.328. The number of amides is 2. The first-order chi connectivity index (χ1) is 16.0. The average molecular weight is 466 g/mol. The number of carbonyl (C=O) groups excluding carboxylic acids is 2. The summed E-state index contributed by atoms with van der Waals surface area (Å²) in [5.41, 5.74) is 2.50. The van der Waals surface area contributed by atoms with Crippen LogP contribution in [-0.4, -0.2) is 35.7 Å². The normalized spacial score (nSPS) is 18.5. The van der Waals surface area contributed by atoms with E-state index in [-0.39, 0.29) is 24.2 Å². The van der Waals surface area contributed by atoms with Gasteiger partial charge in [-0.05, 0) is 61.8 Å². The van der Waals surface area contributed by atoms with Gasteiger partial charge in [0.25, 0.3) is 0 Å². The SMILES string of the molecule is CC(=O)Nc1cc2ccc(-c3cnc4c(c3)N(C(=O)OC3CCCCC3)CC(C)O4)cc2s1. The molecule has 7 nitrogen and oxygen atoms in total. The van der Waals surface area contributed by atoms with Crippen LogP contribution in [0.1, 0.15) is 46.0 Å². The van der Waals surface area contributed by atoms with Gasteiger partial charge in [0.2, 0.25) is 11.8 Å². The fourth-order valence-corrected chi connectivity index (χ4v) is 5.52. The fourth-order valence-electron chi connectivity index (χ4n) is 4.47. The van der Waals surface area contributed by atoms with E-state index in [1.165, 1.54) is 24.7 Å². The molecule has 1 aliphatic carbocycles. The van der Waals surface area contributed by atoms with E-state index in [0.717, 1.165) is 51.9 Å². The van der Waals surface area contributed by atoms with Crippen LogP contribution in [-0.2, 0) is 9.53 Å². The van der Waals surface area contributed by atoms with E-state index in [0.29, 0.717) is 18.1 Å². The van der Waals surface area contributed by atoms with E-state index < -0.39 is 0 Å². The summed E-state index contributed by atoms with van der Waals surface area (Å²) in [5, 5.41) is 4.72. The van der Waals surface area contributed by atoms with Gasteiger partial charge in [0.05, 0.1) is 11.5 Å². The molecule has 1 saturated carbocycles. The maximum absolute atomic E-state index is 13.1. The highest BCUT2D eigenvalue weighted by Crippen LogP contribution is 2.38. The summed E-state index contributed by atoms with van der Waals surface area (Å²) in [6.07, 6.45) is 6.54. The number of aromatic nitrogens is 1. The maximum Gasteiger partial charge on any atom is 0.414 e. The molecule has 5 rings (SSSR count). The first kappa shape index (κ1) is 21.7. The second-order valence-corrected chi connectivity index (χ2v) is 9.86. The van der Waals surface area contributed by atoms with Crippen molar-refractivity contribution < 1.29 is 19.1 Å². The summed E-state index contributed by atoms with van der Waals surface area (Å²) in [6, 6.07) is 10.0. The predicted molar refractivity (Wildman–Crippen MR) is 130 cm³/mol. The van der Waals surface area contributed by atoms with Gasteiger partial charge in [-0.2, -0.15) is 0 Å². The molecule has 0 bridgehead atoms. The number of pyridine rings is 1. The summed E-state index contributed by atoms with van der Waals surface area (Å²) >= 11 is 1.53. The Labute approximate surface area is 196 Å². The van der Waals surface area contributed by atoms with Crippen LogP contribution >= 0.6 is 11.3 Å². The molecule has 0 radical (unpaired) electrons. The molecular weight excluding hydrogens is 438 g/mol. The molecule has 2 amide bonds. The van der Waals surface area contributed by atoms with Crippen LogP contribution in [0.2, 0.25) is 0 Å². The summed E-state index contributed by atoms with van der Waals surface area (Å²) < 4.78 is 12.8. The molecule has 172 valence electrons. The van der Waals surface area contributed by atoms with Gasteiger partial charge in [-0.1, -0.05) is 18.6 Å². The van der Waals surface area contributed by atoms with E-state index in [1.807, 2.05) is 31.2 Å². The van der Waals surface area contributed by atoms with Gasteiger partial charge in [-0.25, -0.2) is 9.78 Å². The molecule has 33 heavy (non-hydrogen) atoms. The largest absolute Gasteiger partial charge is 0.471 e. The highest BCUT2D eigenvalue weighted by atomic mass is 32.1. The third-order valence-corrected chi connectivity index (χ3v) is 7.08. The van der Waals surface area contributed by atoms with Crippen LogP contribution in [0.3, 0.4) is 0 Å². The first-order valence-electron chi connectivity index (χ1n) is 11.4. The molecular formula is C25H27N3O4S. The molecule has 1 aromatic carbocycles. The highest BCUT2D eigenvalue weighted by Gasteiger charge is 2.32. The van der Waals surface area contributed by atoms with E-state index >= 15 is 0 Å². The van der Waals surface area contributed by atoms with Crippen LogP contribution in [0.5, 0.6) is 5.88 Å². The van der Waals surface area contributed by atoms with E-state index in [9.17, 15) is 9.59 Å².